The largest absolute Gasteiger partial charge is 0.480 e. The molecule has 0 radical (unpaired) electrons. The molecule has 0 amide bonds. The van der Waals surface area contributed by atoms with Crippen molar-refractivity contribution in [1.29, 1.82) is 0 Å². The van der Waals surface area contributed by atoms with Gasteiger partial charge in [-0.15, -0.1) is 0 Å². The summed E-state index contributed by atoms with van der Waals surface area (Å²) in [6, 6.07) is 5.67. The standard InChI is InChI=1S/C16H21N3O4/c1-3-18(8-7-16(22)23-4-2)12-5-6-14-13(9-12)17-11-19(14)10-15(20)21/h5-6,9,11H,3-4,7-8,10H2,1-2H3,(H,20,21). The van der Waals surface area contributed by atoms with E-state index in [2.05, 4.69) is 9.88 Å². The quantitative estimate of drug-likeness (QED) is 0.748. The zero-order valence-electron chi connectivity index (χ0n) is 13.4. The van der Waals surface area contributed by atoms with Gasteiger partial charge in [-0.05, 0) is 32.0 Å². The highest BCUT2D eigenvalue weighted by Crippen LogP contribution is 2.21. The molecule has 2 rings (SSSR count). The molecule has 23 heavy (non-hydrogen) atoms. The van der Waals surface area contributed by atoms with Crippen LogP contribution >= 0.6 is 0 Å². The average Bonchev–Trinajstić information content (AvgIpc) is 2.90. The molecular formula is C16H21N3O4. The second-order valence-corrected chi connectivity index (χ2v) is 5.07. The summed E-state index contributed by atoms with van der Waals surface area (Å²) in [5, 5.41) is 8.89. The van der Waals surface area contributed by atoms with Crippen LogP contribution in [0.3, 0.4) is 0 Å². The van der Waals surface area contributed by atoms with Crippen molar-refractivity contribution in [2.45, 2.75) is 26.8 Å². The number of carboxylic acid groups (broad SMARTS) is 1. The van der Waals surface area contributed by atoms with Gasteiger partial charge >= 0.3 is 11.9 Å². The Morgan fingerprint density at radius 3 is 2.78 bits per heavy atom. The number of imidazole rings is 1. The van der Waals surface area contributed by atoms with E-state index in [4.69, 9.17) is 9.84 Å². The van der Waals surface area contributed by atoms with Gasteiger partial charge in [-0.25, -0.2) is 4.98 Å². The summed E-state index contributed by atoms with van der Waals surface area (Å²) in [5.74, 6) is -1.12. The van der Waals surface area contributed by atoms with Crippen molar-refractivity contribution in [1.82, 2.24) is 9.55 Å². The first-order valence-corrected chi connectivity index (χ1v) is 7.62. The fourth-order valence-corrected chi connectivity index (χ4v) is 2.45. The molecule has 0 saturated heterocycles. The summed E-state index contributed by atoms with van der Waals surface area (Å²) in [6.07, 6.45) is 1.85. The maximum absolute atomic E-state index is 11.5. The molecule has 0 saturated carbocycles. The van der Waals surface area contributed by atoms with Crippen molar-refractivity contribution in [3.63, 3.8) is 0 Å². The Labute approximate surface area is 134 Å². The van der Waals surface area contributed by atoms with Gasteiger partial charge in [0.1, 0.15) is 6.54 Å². The molecule has 0 spiro atoms. The minimum absolute atomic E-state index is 0.115. The molecule has 0 aliphatic rings. The fraction of sp³-hybridized carbons (Fsp3) is 0.438. The number of rotatable bonds is 8. The summed E-state index contributed by atoms with van der Waals surface area (Å²) in [5.41, 5.74) is 2.46. The molecule has 2 aromatic rings. The third kappa shape index (κ3) is 4.21. The SMILES string of the molecule is CCOC(=O)CCN(CC)c1ccc2c(c1)ncn2CC(=O)O. The summed E-state index contributed by atoms with van der Waals surface area (Å²) in [7, 11) is 0. The third-order valence-electron chi connectivity index (χ3n) is 3.55. The van der Waals surface area contributed by atoms with Crippen LogP contribution in [0.15, 0.2) is 24.5 Å². The van der Waals surface area contributed by atoms with Gasteiger partial charge in [-0.3, -0.25) is 9.59 Å². The van der Waals surface area contributed by atoms with Crippen LogP contribution < -0.4 is 4.90 Å². The number of anilines is 1. The maximum atomic E-state index is 11.5. The Balaban J connectivity index is 2.14. The Hall–Kier alpha value is -2.57. The number of ether oxygens (including phenoxy) is 1. The van der Waals surface area contributed by atoms with Crippen LogP contribution in [0.5, 0.6) is 0 Å². The van der Waals surface area contributed by atoms with Crippen LogP contribution in [-0.2, 0) is 20.9 Å². The van der Waals surface area contributed by atoms with Crippen LogP contribution in [-0.4, -0.2) is 46.3 Å². The number of fused-ring (bicyclic) bond motifs is 1. The Morgan fingerprint density at radius 1 is 1.35 bits per heavy atom. The lowest BCUT2D eigenvalue weighted by atomic mass is 10.2. The van der Waals surface area contributed by atoms with Gasteiger partial charge in [-0.1, -0.05) is 0 Å². The molecule has 1 aromatic carbocycles. The maximum Gasteiger partial charge on any atom is 0.323 e. The van der Waals surface area contributed by atoms with E-state index in [1.54, 1.807) is 11.5 Å². The van der Waals surface area contributed by atoms with E-state index in [0.29, 0.717) is 19.6 Å². The molecule has 1 heterocycles. The normalized spacial score (nSPS) is 10.7. The van der Waals surface area contributed by atoms with Gasteiger partial charge in [0.25, 0.3) is 0 Å². The highest BCUT2D eigenvalue weighted by atomic mass is 16.5. The van der Waals surface area contributed by atoms with E-state index >= 15 is 0 Å². The lowest BCUT2D eigenvalue weighted by Crippen LogP contribution is -2.26. The smallest absolute Gasteiger partial charge is 0.323 e. The summed E-state index contributed by atoms with van der Waals surface area (Å²) < 4.78 is 6.54. The van der Waals surface area contributed by atoms with E-state index in [0.717, 1.165) is 23.3 Å². The summed E-state index contributed by atoms with van der Waals surface area (Å²) in [4.78, 5) is 28.6. The van der Waals surface area contributed by atoms with Crippen molar-refractivity contribution in [3.8, 4) is 0 Å². The van der Waals surface area contributed by atoms with Crippen molar-refractivity contribution < 1.29 is 19.4 Å². The van der Waals surface area contributed by atoms with Gasteiger partial charge in [-0.2, -0.15) is 0 Å². The highest BCUT2D eigenvalue weighted by molar-refractivity contribution is 5.81. The zero-order valence-corrected chi connectivity index (χ0v) is 13.4. The number of aromatic nitrogens is 2. The van der Waals surface area contributed by atoms with Crippen molar-refractivity contribution in [2.75, 3.05) is 24.6 Å². The van der Waals surface area contributed by atoms with Gasteiger partial charge in [0, 0.05) is 18.8 Å². The molecule has 1 aromatic heterocycles. The van der Waals surface area contributed by atoms with Crippen molar-refractivity contribution in [3.05, 3.63) is 24.5 Å². The lowest BCUT2D eigenvalue weighted by Gasteiger charge is -2.22. The lowest BCUT2D eigenvalue weighted by molar-refractivity contribution is -0.143. The van der Waals surface area contributed by atoms with Gasteiger partial charge in [0.05, 0.1) is 30.4 Å². The molecule has 0 atom stereocenters. The van der Waals surface area contributed by atoms with Crippen LogP contribution in [0.2, 0.25) is 0 Å². The number of benzene rings is 1. The van der Waals surface area contributed by atoms with Crippen LogP contribution in [0.25, 0.3) is 11.0 Å². The van der Waals surface area contributed by atoms with Crippen LogP contribution in [0.4, 0.5) is 5.69 Å². The molecule has 7 nitrogen and oxygen atoms in total. The summed E-state index contributed by atoms with van der Waals surface area (Å²) >= 11 is 0. The number of hydrogen-bond acceptors (Lipinski definition) is 5. The monoisotopic (exact) mass is 319 g/mol. The molecule has 0 aliphatic heterocycles. The average molecular weight is 319 g/mol. The fourth-order valence-electron chi connectivity index (χ4n) is 2.45. The second-order valence-electron chi connectivity index (χ2n) is 5.07. The minimum atomic E-state index is -0.905. The van der Waals surface area contributed by atoms with Gasteiger partial charge in [0.2, 0.25) is 0 Å². The minimum Gasteiger partial charge on any atom is -0.480 e. The van der Waals surface area contributed by atoms with E-state index in [1.165, 1.54) is 6.33 Å². The number of nitrogens with zero attached hydrogens (tertiary/aromatic N) is 3. The van der Waals surface area contributed by atoms with Crippen molar-refractivity contribution in [2.24, 2.45) is 0 Å². The first-order chi connectivity index (χ1) is 11.0. The predicted molar refractivity (Wildman–Crippen MR) is 86.5 cm³/mol. The molecule has 1 N–H and O–H groups in total. The molecule has 0 unspecified atom stereocenters. The first-order valence-electron chi connectivity index (χ1n) is 7.62. The predicted octanol–water partition coefficient (Wildman–Crippen LogP) is 1.90. The Morgan fingerprint density at radius 2 is 2.13 bits per heavy atom. The molecular weight excluding hydrogens is 298 g/mol. The molecule has 0 fully saturated rings. The number of aliphatic carboxylic acids is 1. The number of carbonyl (C=O) groups is 2. The van der Waals surface area contributed by atoms with Crippen LogP contribution in [0.1, 0.15) is 20.3 Å². The van der Waals surface area contributed by atoms with Gasteiger partial charge < -0.3 is 19.3 Å². The molecule has 0 aliphatic carbocycles. The van der Waals surface area contributed by atoms with E-state index in [1.807, 2.05) is 25.1 Å². The van der Waals surface area contributed by atoms with Crippen LogP contribution in [0, 0.1) is 0 Å². The van der Waals surface area contributed by atoms with Crippen molar-refractivity contribution >= 4 is 28.7 Å². The third-order valence-corrected chi connectivity index (χ3v) is 3.55. The molecule has 7 heteroatoms. The zero-order chi connectivity index (χ0) is 16.8. The summed E-state index contributed by atoms with van der Waals surface area (Å²) in [6.45, 7) is 5.39. The Bertz CT molecular complexity index is 696. The number of esters is 1. The molecule has 0 bridgehead atoms. The number of hydrogen-bond donors (Lipinski definition) is 1. The van der Waals surface area contributed by atoms with Gasteiger partial charge in [0.15, 0.2) is 0 Å². The Kier molecular flexibility index (Phi) is 5.56. The first kappa shape index (κ1) is 16.8. The number of carboxylic acids is 1. The second kappa shape index (κ2) is 7.62. The number of carbonyl (C=O) groups excluding carboxylic acids is 1. The van der Waals surface area contributed by atoms with E-state index < -0.39 is 5.97 Å². The topological polar surface area (TPSA) is 84.7 Å². The highest BCUT2D eigenvalue weighted by Gasteiger charge is 2.11. The molecule has 124 valence electrons. The van der Waals surface area contributed by atoms with E-state index in [9.17, 15) is 9.59 Å². The van der Waals surface area contributed by atoms with E-state index in [-0.39, 0.29) is 12.5 Å².